The maximum absolute atomic E-state index is 12.9. The number of carbonyl (C=O) groups is 1. The number of hydrogen-bond acceptors (Lipinski definition) is 10. The number of benzene rings is 1. The molecular formula is C30H33N9O4. The number of carbonyl (C=O) groups excluding carboxylic acids is 1. The number of aromatic nitrogens is 7. The standard InChI is InChI=1S/C30H33N9O4/c1-20-14-23(42-17-21(2)22-6-4-3-5-7-22)15-39-26(20)33-25(35-39)24(40)16-38-18-30(43-29(38)41)8-11-36(12-9-30)27-28-34-32-19-37(28)13-10-31-27/h3-7,10,13-15,19,21,24,40H,8-9,11-12,16-18H2,1-2H3/t21-,24?/m0/s1. The van der Waals surface area contributed by atoms with Gasteiger partial charge in [-0.3, -0.25) is 4.40 Å². The van der Waals surface area contributed by atoms with Crippen LogP contribution in [0.2, 0.25) is 0 Å². The maximum Gasteiger partial charge on any atom is 0.410 e. The van der Waals surface area contributed by atoms with Crippen molar-refractivity contribution in [3.63, 3.8) is 0 Å². The van der Waals surface area contributed by atoms with Crippen LogP contribution in [0.4, 0.5) is 10.6 Å². The van der Waals surface area contributed by atoms with Crippen LogP contribution in [0.3, 0.4) is 0 Å². The molecule has 1 amide bonds. The van der Waals surface area contributed by atoms with E-state index in [0.29, 0.717) is 56.1 Å². The van der Waals surface area contributed by atoms with Crippen molar-refractivity contribution >= 4 is 23.2 Å². The van der Waals surface area contributed by atoms with Gasteiger partial charge in [0, 0.05) is 44.2 Å². The number of pyridine rings is 1. The summed E-state index contributed by atoms with van der Waals surface area (Å²) in [5, 5.41) is 23.8. The van der Waals surface area contributed by atoms with E-state index in [-0.39, 0.29) is 18.3 Å². The van der Waals surface area contributed by atoms with Crippen molar-refractivity contribution in [2.45, 2.75) is 44.3 Å². The van der Waals surface area contributed by atoms with Gasteiger partial charge in [-0.2, -0.15) is 0 Å². The second kappa shape index (κ2) is 10.8. The molecular weight excluding hydrogens is 550 g/mol. The summed E-state index contributed by atoms with van der Waals surface area (Å²) in [6.45, 7) is 6.32. The molecule has 1 unspecified atom stereocenters. The number of aliphatic hydroxyl groups is 1. The number of aryl methyl sites for hydroxylation is 1. The van der Waals surface area contributed by atoms with E-state index in [1.165, 1.54) is 5.56 Å². The number of fused-ring (bicyclic) bond motifs is 2. The number of aliphatic hydroxyl groups excluding tert-OH is 1. The van der Waals surface area contributed by atoms with Gasteiger partial charge in [0.15, 0.2) is 17.3 Å². The molecule has 2 aliphatic heterocycles. The van der Waals surface area contributed by atoms with E-state index in [0.717, 1.165) is 11.4 Å². The van der Waals surface area contributed by atoms with Crippen LogP contribution < -0.4 is 9.64 Å². The van der Waals surface area contributed by atoms with Gasteiger partial charge in [-0.15, -0.1) is 15.3 Å². The Morgan fingerprint density at radius 2 is 1.98 bits per heavy atom. The van der Waals surface area contributed by atoms with Gasteiger partial charge in [-0.25, -0.2) is 19.3 Å². The first-order valence-electron chi connectivity index (χ1n) is 14.5. The number of anilines is 1. The van der Waals surface area contributed by atoms with Crippen LogP contribution in [0.5, 0.6) is 5.75 Å². The van der Waals surface area contributed by atoms with Gasteiger partial charge in [-0.1, -0.05) is 37.3 Å². The molecule has 6 heterocycles. The van der Waals surface area contributed by atoms with Gasteiger partial charge in [0.2, 0.25) is 5.65 Å². The lowest BCUT2D eigenvalue weighted by Crippen LogP contribution is -2.47. The minimum Gasteiger partial charge on any atom is -0.491 e. The Kier molecular flexibility index (Phi) is 6.80. The predicted molar refractivity (Wildman–Crippen MR) is 156 cm³/mol. The fourth-order valence-corrected chi connectivity index (χ4v) is 5.93. The third kappa shape index (κ3) is 5.20. The normalized spacial score (nSPS) is 18.0. The highest BCUT2D eigenvalue weighted by molar-refractivity contribution is 5.71. The minimum atomic E-state index is -1.07. The molecule has 2 aliphatic rings. The highest BCUT2D eigenvalue weighted by Crippen LogP contribution is 2.35. The molecule has 0 aliphatic carbocycles. The number of rotatable bonds is 8. The largest absolute Gasteiger partial charge is 0.491 e. The van der Waals surface area contributed by atoms with Gasteiger partial charge >= 0.3 is 6.09 Å². The lowest BCUT2D eigenvalue weighted by molar-refractivity contribution is 0.0366. The molecule has 0 radical (unpaired) electrons. The van der Waals surface area contributed by atoms with E-state index >= 15 is 0 Å². The SMILES string of the molecule is Cc1cc(OC[C@H](C)c2ccccc2)cn2nc(C(O)CN3CC4(CCN(c5nccn6cnnc56)CC4)OC3=O)nc12. The van der Waals surface area contributed by atoms with Crippen LogP contribution in [0.15, 0.2) is 61.3 Å². The Labute approximate surface area is 247 Å². The summed E-state index contributed by atoms with van der Waals surface area (Å²) in [5.41, 5.74) is 2.79. The molecule has 2 saturated heterocycles. The third-order valence-electron chi connectivity index (χ3n) is 8.38. The molecule has 7 rings (SSSR count). The average Bonchev–Trinajstić information content (AvgIpc) is 3.75. The number of ether oxygens (including phenoxy) is 2. The van der Waals surface area contributed by atoms with Gasteiger partial charge in [0.05, 0.1) is 25.9 Å². The van der Waals surface area contributed by atoms with Gasteiger partial charge in [0.25, 0.3) is 0 Å². The molecule has 1 aromatic carbocycles. The topological polar surface area (TPSA) is 136 Å². The highest BCUT2D eigenvalue weighted by Gasteiger charge is 2.48. The minimum absolute atomic E-state index is 0.0405. The van der Waals surface area contributed by atoms with Crippen LogP contribution in [-0.4, -0.2) is 88.7 Å². The van der Waals surface area contributed by atoms with E-state index in [4.69, 9.17) is 9.47 Å². The fourth-order valence-electron chi connectivity index (χ4n) is 5.93. The lowest BCUT2D eigenvalue weighted by atomic mass is 9.91. The molecule has 222 valence electrons. The number of β-amino-alcohol motifs (C(OH)–C–C–N with tert-alkyl or cyclic N) is 1. The summed E-state index contributed by atoms with van der Waals surface area (Å²) in [6, 6.07) is 12.1. The number of piperidine rings is 1. The highest BCUT2D eigenvalue weighted by atomic mass is 16.6. The molecule has 0 bridgehead atoms. The summed E-state index contributed by atoms with van der Waals surface area (Å²) in [7, 11) is 0. The van der Waals surface area contributed by atoms with Gasteiger partial charge in [-0.05, 0) is 24.1 Å². The van der Waals surface area contributed by atoms with E-state index in [1.807, 2.05) is 41.8 Å². The summed E-state index contributed by atoms with van der Waals surface area (Å²) < 4.78 is 15.4. The summed E-state index contributed by atoms with van der Waals surface area (Å²) >= 11 is 0. The molecule has 13 heteroatoms. The molecule has 4 aromatic heterocycles. The van der Waals surface area contributed by atoms with Crippen molar-refractivity contribution in [1.29, 1.82) is 0 Å². The lowest BCUT2D eigenvalue weighted by Gasteiger charge is -2.37. The van der Waals surface area contributed by atoms with Gasteiger partial charge in [0.1, 0.15) is 23.8 Å². The second-order valence-corrected chi connectivity index (χ2v) is 11.5. The number of amides is 1. The Hall–Kier alpha value is -4.78. The van der Waals surface area contributed by atoms with Crippen LogP contribution in [0, 0.1) is 6.92 Å². The number of nitrogens with zero attached hydrogens (tertiary/aromatic N) is 9. The molecule has 13 nitrogen and oxygen atoms in total. The first-order chi connectivity index (χ1) is 20.9. The Balaban J connectivity index is 0.988. The van der Waals surface area contributed by atoms with E-state index in [1.54, 1.807) is 28.1 Å². The summed E-state index contributed by atoms with van der Waals surface area (Å²) in [4.78, 5) is 25.7. The predicted octanol–water partition coefficient (Wildman–Crippen LogP) is 3.18. The zero-order chi connectivity index (χ0) is 29.6. The summed E-state index contributed by atoms with van der Waals surface area (Å²) in [5.74, 6) is 1.90. The van der Waals surface area contributed by atoms with Crippen molar-refractivity contribution < 1.29 is 19.4 Å². The van der Waals surface area contributed by atoms with E-state index < -0.39 is 17.8 Å². The van der Waals surface area contributed by atoms with Crippen LogP contribution in [0.1, 0.15) is 48.7 Å². The van der Waals surface area contributed by atoms with Crippen molar-refractivity contribution in [3.8, 4) is 5.75 Å². The van der Waals surface area contributed by atoms with Gasteiger partial charge < -0.3 is 24.4 Å². The molecule has 5 aromatic rings. The van der Waals surface area contributed by atoms with Crippen molar-refractivity contribution in [1.82, 2.24) is 39.1 Å². The van der Waals surface area contributed by atoms with E-state index in [9.17, 15) is 9.90 Å². The zero-order valence-corrected chi connectivity index (χ0v) is 24.1. The third-order valence-corrected chi connectivity index (χ3v) is 8.38. The molecule has 43 heavy (non-hydrogen) atoms. The quantitative estimate of drug-likeness (QED) is 0.290. The fraction of sp³-hybridized carbons (Fsp3) is 0.400. The average molecular weight is 584 g/mol. The molecule has 2 atom stereocenters. The molecule has 1 spiro atoms. The molecule has 0 saturated carbocycles. The van der Waals surface area contributed by atoms with Crippen molar-refractivity contribution in [2.75, 3.05) is 37.7 Å². The first kappa shape index (κ1) is 27.1. The molecule has 1 N–H and O–H groups in total. The van der Waals surface area contributed by atoms with Crippen LogP contribution in [0.25, 0.3) is 11.3 Å². The second-order valence-electron chi connectivity index (χ2n) is 11.5. The monoisotopic (exact) mass is 583 g/mol. The first-order valence-corrected chi connectivity index (χ1v) is 14.5. The molecule has 2 fully saturated rings. The van der Waals surface area contributed by atoms with E-state index in [2.05, 4.69) is 49.2 Å². The van der Waals surface area contributed by atoms with Crippen LogP contribution in [-0.2, 0) is 4.74 Å². The summed E-state index contributed by atoms with van der Waals surface area (Å²) in [6.07, 6.45) is 6.72. The van der Waals surface area contributed by atoms with Crippen LogP contribution >= 0.6 is 0 Å². The smallest absolute Gasteiger partial charge is 0.410 e. The van der Waals surface area contributed by atoms with Crippen molar-refractivity contribution in [2.24, 2.45) is 0 Å². The van der Waals surface area contributed by atoms with Crippen molar-refractivity contribution in [3.05, 3.63) is 78.3 Å². The maximum atomic E-state index is 12.9. The Morgan fingerprint density at radius 3 is 2.79 bits per heavy atom. The zero-order valence-electron chi connectivity index (χ0n) is 24.1. The number of hydrogen-bond donors (Lipinski definition) is 1. The Bertz CT molecular complexity index is 1760. The Morgan fingerprint density at radius 1 is 1.16 bits per heavy atom.